The molecule has 0 aromatic heterocycles. The summed E-state index contributed by atoms with van der Waals surface area (Å²) in [6.07, 6.45) is -0.444. The number of nitrogens with one attached hydrogen (secondary N) is 1. The Morgan fingerprint density at radius 2 is 1.58 bits per heavy atom. The molecule has 0 unspecified atom stereocenters. The summed E-state index contributed by atoms with van der Waals surface area (Å²) in [5.41, 5.74) is 1.02. The Morgan fingerprint density at radius 1 is 1.04 bits per heavy atom. The standard InChI is InChI=1S/C19H20N2O3/c1-19(2,3)24-18(22)21-13-15-6-10-17(11-7-15)23-16-8-4-14(12-20)5-9-16/h4-11H,13H2,1-3H3,(H,21,22). The number of alkyl carbamates (subject to hydrolysis) is 1. The summed E-state index contributed by atoms with van der Waals surface area (Å²) in [5.74, 6) is 1.34. The van der Waals surface area contributed by atoms with Crippen molar-refractivity contribution < 1.29 is 14.3 Å². The van der Waals surface area contributed by atoms with Gasteiger partial charge in [-0.2, -0.15) is 5.26 Å². The van der Waals surface area contributed by atoms with Crippen LogP contribution in [0.5, 0.6) is 11.5 Å². The van der Waals surface area contributed by atoms with Crippen LogP contribution in [0.25, 0.3) is 0 Å². The molecule has 5 nitrogen and oxygen atoms in total. The van der Waals surface area contributed by atoms with Gasteiger partial charge in [0.1, 0.15) is 17.1 Å². The van der Waals surface area contributed by atoms with Gasteiger partial charge in [-0.25, -0.2) is 4.79 Å². The van der Waals surface area contributed by atoms with Gasteiger partial charge in [-0.1, -0.05) is 12.1 Å². The van der Waals surface area contributed by atoms with Crippen LogP contribution in [0.3, 0.4) is 0 Å². The first kappa shape index (κ1) is 17.4. The van der Waals surface area contributed by atoms with Crippen molar-refractivity contribution >= 4 is 6.09 Å². The maximum Gasteiger partial charge on any atom is 0.407 e. The number of nitrogens with zero attached hydrogens (tertiary/aromatic N) is 1. The molecule has 0 aliphatic carbocycles. The monoisotopic (exact) mass is 324 g/mol. The molecule has 0 aliphatic rings. The predicted molar refractivity (Wildman–Crippen MR) is 90.7 cm³/mol. The first-order valence-corrected chi connectivity index (χ1v) is 7.59. The highest BCUT2D eigenvalue weighted by Gasteiger charge is 2.15. The number of carbonyl (C=O) groups is 1. The van der Waals surface area contributed by atoms with Crippen molar-refractivity contribution in [2.24, 2.45) is 0 Å². The molecule has 0 bridgehead atoms. The van der Waals surface area contributed by atoms with Crippen LogP contribution in [0.2, 0.25) is 0 Å². The van der Waals surface area contributed by atoms with Crippen LogP contribution in [0.1, 0.15) is 31.9 Å². The van der Waals surface area contributed by atoms with E-state index in [-0.39, 0.29) is 0 Å². The highest BCUT2D eigenvalue weighted by Crippen LogP contribution is 2.22. The third-order valence-corrected chi connectivity index (χ3v) is 2.98. The lowest BCUT2D eigenvalue weighted by molar-refractivity contribution is 0.0523. The lowest BCUT2D eigenvalue weighted by atomic mass is 10.2. The molecule has 124 valence electrons. The lowest BCUT2D eigenvalue weighted by Crippen LogP contribution is -2.32. The van der Waals surface area contributed by atoms with Crippen molar-refractivity contribution in [3.63, 3.8) is 0 Å². The van der Waals surface area contributed by atoms with Gasteiger partial charge in [0.15, 0.2) is 0 Å². The van der Waals surface area contributed by atoms with Crippen LogP contribution in [0, 0.1) is 11.3 Å². The molecule has 1 amide bonds. The van der Waals surface area contributed by atoms with E-state index in [1.54, 1.807) is 24.3 Å². The fourth-order valence-electron chi connectivity index (χ4n) is 1.90. The molecular formula is C19H20N2O3. The Labute approximate surface area is 141 Å². The number of benzene rings is 2. The number of hydrogen-bond acceptors (Lipinski definition) is 4. The highest BCUT2D eigenvalue weighted by atomic mass is 16.6. The van der Waals surface area contributed by atoms with Crippen molar-refractivity contribution in [1.29, 1.82) is 5.26 Å². The topological polar surface area (TPSA) is 71.3 Å². The maximum atomic E-state index is 11.6. The molecule has 0 aliphatic heterocycles. The summed E-state index contributed by atoms with van der Waals surface area (Å²) in [6.45, 7) is 5.84. The Kier molecular flexibility index (Phi) is 5.43. The quantitative estimate of drug-likeness (QED) is 0.906. The van der Waals surface area contributed by atoms with Gasteiger partial charge in [0.25, 0.3) is 0 Å². The Hall–Kier alpha value is -3.00. The van der Waals surface area contributed by atoms with E-state index in [0.717, 1.165) is 5.56 Å². The maximum absolute atomic E-state index is 11.6. The van der Waals surface area contributed by atoms with Gasteiger partial charge in [-0.05, 0) is 62.7 Å². The SMILES string of the molecule is CC(C)(C)OC(=O)NCc1ccc(Oc2ccc(C#N)cc2)cc1. The van der Waals surface area contributed by atoms with Crippen LogP contribution in [0.4, 0.5) is 4.79 Å². The number of rotatable bonds is 4. The van der Waals surface area contributed by atoms with Gasteiger partial charge in [0.2, 0.25) is 0 Å². The van der Waals surface area contributed by atoms with E-state index in [1.807, 2.05) is 45.0 Å². The van der Waals surface area contributed by atoms with Crippen molar-refractivity contribution in [3.8, 4) is 17.6 Å². The number of hydrogen-bond donors (Lipinski definition) is 1. The van der Waals surface area contributed by atoms with Crippen LogP contribution in [-0.2, 0) is 11.3 Å². The molecule has 0 fully saturated rings. The molecule has 0 saturated heterocycles. The van der Waals surface area contributed by atoms with Gasteiger partial charge in [-0.3, -0.25) is 0 Å². The molecule has 0 atom stereocenters. The summed E-state index contributed by atoms with van der Waals surface area (Å²) in [6, 6.07) is 16.4. The lowest BCUT2D eigenvalue weighted by Gasteiger charge is -2.19. The van der Waals surface area contributed by atoms with Gasteiger partial charge in [-0.15, -0.1) is 0 Å². The van der Waals surface area contributed by atoms with E-state index in [1.165, 1.54) is 0 Å². The molecule has 0 saturated carbocycles. The van der Waals surface area contributed by atoms with E-state index in [2.05, 4.69) is 11.4 Å². The zero-order valence-corrected chi connectivity index (χ0v) is 14.0. The Bertz CT molecular complexity index is 723. The zero-order chi connectivity index (χ0) is 17.6. The zero-order valence-electron chi connectivity index (χ0n) is 14.0. The van der Waals surface area contributed by atoms with Crippen molar-refractivity contribution in [2.75, 3.05) is 0 Å². The van der Waals surface area contributed by atoms with E-state index in [0.29, 0.717) is 23.6 Å². The summed E-state index contributed by atoms with van der Waals surface area (Å²) in [5, 5.41) is 11.5. The summed E-state index contributed by atoms with van der Waals surface area (Å²) in [4.78, 5) is 11.6. The fraction of sp³-hybridized carbons (Fsp3) is 0.263. The largest absolute Gasteiger partial charge is 0.457 e. The molecule has 0 heterocycles. The molecule has 2 rings (SSSR count). The number of nitriles is 1. The normalized spacial score (nSPS) is 10.6. The number of amides is 1. The Morgan fingerprint density at radius 3 is 2.08 bits per heavy atom. The van der Waals surface area contributed by atoms with Crippen molar-refractivity contribution in [2.45, 2.75) is 32.9 Å². The van der Waals surface area contributed by atoms with Crippen molar-refractivity contribution in [3.05, 3.63) is 59.7 Å². The second-order valence-electron chi connectivity index (χ2n) is 6.24. The molecule has 0 radical (unpaired) electrons. The van der Waals surface area contributed by atoms with Crippen LogP contribution in [0.15, 0.2) is 48.5 Å². The summed E-state index contributed by atoms with van der Waals surface area (Å²) in [7, 11) is 0. The third-order valence-electron chi connectivity index (χ3n) is 2.98. The number of carbonyl (C=O) groups excluding carboxylic acids is 1. The molecule has 1 N–H and O–H groups in total. The van der Waals surface area contributed by atoms with E-state index >= 15 is 0 Å². The average Bonchev–Trinajstić information content (AvgIpc) is 2.53. The molecule has 0 spiro atoms. The van der Waals surface area contributed by atoms with E-state index < -0.39 is 11.7 Å². The fourth-order valence-corrected chi connectivity index (χ4v) is 1.90. The Balaban J connectivity index is 1.88. The molecule has 5 heteroatoms. The first-order valence-electron chi connectivity index (χ1n) is 7.59. The van der Waals surface area contributed by atoms with Gasteiger partial charge < -0.3 is 14.8 Å². The minimum absolute atomic E-state index is 0.381. The first-order chi connectivity index (χ1) is 11.4. The predicted octanol–water partition coefficient (Wildman–Crippen LogP) is 4.38. The average molecular weight is 324 g/mol. The van der Waals surface area contributed by atoms with Gasteiger partial charge in [0, 0.05) is 6.54 Å². The highest BCUT2D eigenvalue weighted by molar-refractivity contribution is 5.67. The smallest absolute Gasteiger partial charge is 0.407 e. The van der Waals surface area contributed by atoms with Crippen LogP contribution >= 0.6 is 0 Å². The molecule has 2 aromatic carbocycles. The third kappa shape index (κ3) is 5.65. The summed E-state index contributed by atoms with van der Waals surface area (Å²) >= 11 is 0. The number of ether oxygens (including phenoxy) is 2. The van der Waals surface area contributed by atoms with Crippen LogP contribution < -0.4 is 10.1 Å². The summed E-state index contributed by atoms with van der Waals surface area (Å²) < 4.78 is 10.9. The molecule has 24 heavy (non-hydrogen) atoms. The molecule has 2 aromatic rings. The van der Waals surface area contributed by atoms with Gasteiger partial charge >= 0.3 is 6.09 Å². The second-order valence-corrected chi connectivity index (χ2v) is 6.24. The van der Waals surface area contributed by atoms with E-state index in [4.69, 9.17) is 14.7 Å². The van der Waals surface area contributed by atoms with Crippen LogP contribution in [-0.4, -0.2) is 11.7 Å². The van der Waals surface area contributed by atoms with E-state index in [9.17, 15) is 4.79 Å². The second kappa shape index (κ2) is 7.51. The van der Waals surface area contributed by atoms with Crippen molar-refractivity contribution in [1.82, 2.24) is 5.32 Å². The molecular weight excluding hydrogens is 304 g/mol. The van der Waals surface area contributed by atoms with Gasteiger partial charge in [0.05, 0.1) is 11.6 Å². The minimum atomic E-state index is -0.511. The minimum Gasteiger partial charge on any atom is -0.457 e.